The van der Waals surface area contributed by atoms with Gasteiger partial charge in [0.25, 0.3) is 0 Å². The Morgan fingerprint density at radius 1 is 1.13 bits per heavy atom. The minimum Gasteiger partial charge on any atom is -0.494 e. The van der Waals surface area contributed by atoms with Crippen molar-refractivity contribution in [2.45, 2.75) is 33.6 Å². The van der Waals surface area contributed by atoms with Crippen LogP contribution in [0.3, 0.4) is 0 Å². The summed E-state index contributed by atoms with van der Waals surface area (Å²) in [5, 5.41) is 13.6. The molecule has 6 heteroatoms. The molecule has 4 nitrogen and oxygen atoms in total. The average molecular weight is 454 g/mol. The molecule has 0 unspecified atom stereocenters. The fourth-order valence-electron chi connectivity index (χ4n) is 3.98. The Balaban J connectivity index is 1.58. The Bertz CT molecular complexity index is 1250. The van der Waals surface area contributed by atoms with E-state index in [9.17, 15) is 9.90 Å². The van der Waals surface area contributed by atoms with E-state index in [-0.39, 0.29) is 5.69 Å². The number of thiophene rings is 1. The van der Waals surface area contributed by atoms with E-state index >= 15 is 0 Å². The van der Waals surface area contributed by atoms with Crippen molar-refractivity contribution in [3.63, 3.8) is 0 Å². The number of aromatic nitrogens is 1. The van der Waals surface area contributed by atoms with Gasteiger partial charge in [-0.3, -0.25) is 0 Å². The Hall–Kier alpha value is -2.76. The second kappa shape index (κ2) is 8.77. The van der Waals surface area contributed by atoms with Crippen molar-refractivity contribution in [2.24, 2.45) is 0 Å². The maximum atomic E-state index is 11.9. The summed E-state index contributed by atoms with van der Waals surface area (Å²) in [6.45, 7) is 6.49. The van der Waals surface area contributed by atoms with Crippen LogP contribution < -0.4 is 4.74 Å². The summed E-state index contributed by atoms with van der Waals surface area (Å²) >= 11 is 7.89. The van der Waals surface area contributed by atoms with Gasteiger partial charge >= 0.3 is 5.97 Å². The van der Waals surface area contributed by atoms with Crippen LogP contribution in [0.25, 0.3) is 21.3 Å². The lowest BCUT2D eigenvalue weighted by Crippen LogP contribution is -2.04. The molecule has 0 atom stereocenters. The van der Waals surface area contributed by atoms with Crippen LogP contribution >= 0.6 is 22.9 Å². The van der Waals surface area contributed by atoms with E-state index in [0.29, 0.717) is 19.4 Å². The fourth-order valence-corrected chi connectivity index (χ4v) is 5.05. The molecule has 0 fully saturated rings. The van der Waals surface area contributed by atoms with Crippen LogP contribution in [0, 0.1) is 20.8 Å². The van der Waals surface area contributed by atoms with Gasteiger partial charge in [0, 0.05) is 20.8 Å². The van der Waals surface area contributed by atoms with Crippen LogP contribution in [0.1, 0.15) is 39.2 Å². The predicted molar refractivity (Wildman–Crippen MR) is 128 cm³/mol. The molecule has 2 aromatic carbocycles. The SMILES string of the molecule is Cc1ccsc1-c1cccc2c(CCCOc3cc(C)c(Cl)c(C)c3)c(C(=O)O)[nH]c12. The number of hydrogen-bond acceptors (Lipinski definition) is 3. The van der Waals surface area contributed by atoms with E-state index in [1.807, 2.05) is 44.2 Å². The maximum absolute atomic E-state index is 11.9. The zero-order chi connectivity index (χ0) is 22.1. The van der Waals surface area contributed by atoms with E-state index in [4.69, 9.17) is 16.3 Å². The molecule has 0 aliphatic heterocycles. The molecule has 0 aliphatic carbocycles. The molecule has 0 amide bonds. The molecule has 0 radical (unpaired) electrons. The monoisotopic (exact) mass is 453 g/mol. The van der Waals surface area contributed by atoms with Crippen molar-refractivity contribution >= 4 is 39.8 Å². The first-order chi connectivity index (χ1) is 14.9. The third kappa shape index (κ3) is 4.21. The van der Waals surface area contributed by atoms with Crippen molar-refractivity contribution in [3.8, 4) is 16.2 Å². The zero-order valence-electron chi connectivity index (χ0n) is 17.7. The molecular weight excluding hydrogens is 430 g/mol. The van der Waals surface area contributed by atoms with Crippen molar-refractivity contribution in [3.05, 3.63) is 74.7 Å². The van der Waals surface area contributed by atoms with E-state index < -0.39 is 5.97 Å². The van der Waals surface area contributed by atoms with Crippen LogP contribution in [0.4, 0.5) is 0 Å². The van der Waals surface area contributed by atoms with E-state index in [1.165, 1.54) is 5.56 Å². The smallest absolute Gasteiger partial charge is 0.352 e. The first kappa shape index (κ1) is 21.5. The number of aromatic amines is 1. The highest BCUT2D eigenvalue weighted by molar-refractivity contribution is 7.13. The number of rotatable bonds is 7. The van der Waals surface area contributed by atoms with Crippen LogP contribution in [0.15, 0.2) is 41.8 Å². The highest BCUT2D eigenvalue weighted by Crippen LogP contribution is 2.36. The van der Waals surface area contributed by atoms with Crippen LogP contribution in [-0.4, -0.2) is 22.7 Å². The molecule has 160 valence electrons. The largest absolute Gasteiger partial charge is 0.494 e. The molecule has 2 N–H and O–H groups in total. The third-order valence-electron chi connectivity index (χ3n) is 5.51. The molecule has 4 rings (SSSR count). The number of H-pyrrole nitrogens is 1. The van der Waals surface area contributed by atoms with Crippen LogP contribution in [0.2, 0.25) is 5.02 Å². The number of carboxylic acids is 1. The van der Waals surface area contributed by atoms with Gasteiger partial charge in [-0.25, -0.2) is 4.79 Å². The lowest BCUT2D eigenvalue weighted by molar-refractivity contribution is 0.0690. The number of fused-ring (bicyclic) bond motifs is 1. The molecule has 2 heterocycles. The number of halogens is 1. The summed E-state index contributed by atoms with van der Waals surface area (Å²) < 4.78 is 5.92. The number of benzene rings is 2. The molecule has 2 aromatic heterocycles. The first-order valence-electron chi connectivity index (χ1n) is 10.2. The Kier molecular flexibility index (Phi) is 6.08. The molecule has 0 saturated heterocycles. The second-order valence-corrected chi connectivity index (χ2v) is 9.06. The van der Waals surface area contributed by atoms with Gasteiger partial charge in [-0.15, -0.1) is 11.3 Å². The van der Waals surface area contributed by atoms with Gasteiger partial charge in [0.15, 0.2) is 0 Å². The predicted octanol–water partition coefficient (Wildman–Crippen LogP) is 7.18. The Labute approximate surface area is 190 Å². The molecular formula is C25H24ClNO3S. The standard InChI is InChI=1S/C25H24ClNO3S/c1-14-9-11-31-24(14)20-7-4-6-18-19(23(25(28)29)27-22(18)20)8-5-10-30-17-12-15(2)21(26)16(3)13-17/h4,6-7,9,11-13,27H,5,8,10H2,1-3H3,(H,28,29). The molecule has 0 bridgehead atoms. The van der Waals surface area contributed by atoms with E-state index in [1.54, 1.807) is 11.3 Å². The number of aromatic carboxylic acids is 1. The van der Waals surface area contributed by atoms with Crippen molar-refractivity contribution in [1.82, 2.24) is 4.98 Å². The molecule has 0 spiro atoms. The first-order valence-corrected chi connectivity index (χ1v) is 11.4. The van der Waals surface area contributed by atoms with Gasteiger partial charge in [0.2, 0.25) is 0 Å². The van der Waals surface area contributed by atoms with E-state index in [2.05, 4.69) is 23.4 Å². The van der Waals surface area contributed by atoms with Gasteiger partial charge in [-0.1, -0.05) is 29.8 Å². The summed E-state index contributed by atoms with van der Waals surface area (Å²) in [4.78, 5) is 16.3. The molecule has 4 aromatic rings. The van der Waals surface area contributed by atoms with Gasteiger partial charge in [-0.2, -0.15) is 0 Å². The Morgan fingerprint density at radius 3 is 2.52 bits per heavy atom. The third-order valence-corrected chi connectivity index (χ3v) is 7.16. The topological polar surface area (TPSA) is 62.3 Å². The normalized spacial score (nSPS) is 11.2. The summed E-state index contributed by atoms with van der Waals surface area (Å²) in [6, 6.07) is 12.0. The second-order valence-electron chi connectivity index (χ2n) is 7.77. The quantitative estimate of drug-likeness (QED) is 0.291. The van der Waals surface area contributed by atoms with Crippen molar-refractivity contribution in [2.75, 3.05) is 6.61 Å². The molecule has 0 aliphatic rings. The number of para-hydroxylation sites is 1. The van der Waals surface area contributed by atoms with Crippen molar-refractivity contribution in [1.29, 1.82) is 0 Å². The lowest BCUT2D eigenvalue weighted by atomic mass is 10.0. The minimum atomic E-state index is -0.940. The number of hydrogen-bond donors (Lipinski definition) is 2. The average Bonchev–Trinajstić information content (AvgIpc) is 3.32. The number of carbonyl (C=O) groups is 1. The molecule has 31 heavy (non-hydrogen) atoms. The number of ether oxygens (including phenoxy) is 1. The lowest BCUT2D eigenvalue weighted by Gasteiger charge is -2.10. The summed E-state index contributed by atoms with van der Waals surface area (Å²) in [7, 11) is 0. The van der Waals surface area contributed by atoms with Crippen molar-refractivity contribution < 1.29 is 14.6 Å². The number of aryl methyl sites for hydroxylation is 4. The zero-order valence-corrected chi connectivity index (χ0v) is 19.3. The summed E-state index contributed by atoms with van der Waals surface area (Å²) in [5.41, 5.74) is 6.16. The van der Waals surface area contributed by atoms with Crippen LogP contribution in [-0.2, 0) is 6.42 Å². The highest BCUT2D eigenvalue weighted by atomic mass is 35.5. The van der Waals surface area contributed by atoms with Crippen LogP contribution in [0.5, 0.6) is 5.75 Å². The van der Waals surface area contributed by atoms with Gasteiger partial charge in [0.05, 0.1) is 12.1 Å². The highest BCUT2D eigenvalue weighted by Gasteiger charge is 2.20. The Morgan fingerprint density at radius 2 is 1.87 bits per heavy atom. The van der Waals surface area contributed by atoms with Gasteiger partial charge < -0.3 is 14.8 Å². The maximum Gasteiger partial charge on any atom is 0.352 e. The minimum absolute atomic E-state index is 0.259. The molecule has 0 saturated carbocycles. The number of carboxylic acid groups (broad SMARTS) is 1. The van der Waals surface area contributed by atoms with Gasteiger partial charge in [0.1, 0.15) is 11.4 Å². The summed E-state index contributed by atoms with van der Waals surface area (Å²) in [5.74, 6) is -0.155. The summed E-state index contributed by atoms with van der Waals surface area (Å²) in [6.07, 6.45) is 1.32. The van der Waals surface area contributed by atoms with E-state index in [0.717, 1.165) is 48.8 Å². The number of nitrogens with one attached hydrogen (secondary N) is 1. The van der Waals surface area contributed by atoms with Gasteiger partial charge in [-0.05, 0) is 79.4 Å². The fraction of sp³-hybridized carbons (Fsp3) is 0.240.